The summed E-state index contributed by atoms with van der Waals surface area (Å²) in [6.45, 7) is 0.382. The molecule has 0 spiro atoms. The number of carbonyl (C=O) groups excluding carboxylic acids is 1. The lowest BCUT2D eigenvalue weighted by atomic mass is 9.92. The van der Waals surface area contributed by atoms with Gasteiger partial charge in [-0.25, -0.2) is 0 Å². The number of amides is 1. The Morgan fingerprint density at radius 1 is 1.40 bits per heavy atom. The van der Waals surface area contributed by atoms with E-state index in [1.165, 1.54) is 12.8 Å². The van der Waals surface area contributed by atoms with Gasteiger partial charge in [-0.1, -0.05) is 12.8 Å². The zero-order chi connectivity index (χ0) is 10.4. The predicted molar refractivity (Wildman–Crippen MR) is 62.4 cm³/mol. The van der Waals surface area contributed by atoms with Crippen LogP contribution in [-0.4, -0.2) is 38.8 Å². The molecule has 0 aromatic rings. The summed E-state index contributed by atoms with van der Waals surface area (Å²) in [7, 11) is 3.49. The highest BCUT2D eigenvalue weighted by Gasteiger charge is 2.25. The SMILES string of the molecule is CNCC(=O)NC1CCCCC1OC.Cl. The molecule has 90 valence electrons. The van der Waals surface area contributed by atoms with Crippen LogP contribution < -0.4 is 10.6 Å². The highest BCUT2D eigenvalue weighted by atomic mass is 35.5. The average molecular weight is 237 g/mol. The number of carbonyl (C=O) groups is 1. The summed E-state index contributed by atoms with van der Waals surface area (Å²) < 4.78 is 5.35. The maximum absolute atomic E-state index is 11.3. The quantitative estimate of drug-likeness (QED) is 0.756. The molecule has 15 heavy (non-hydrogen) atoms. The molecule has 2 unspecified atom stereocenters. The van der Waals surface area contributed by atoms with Crippen molar-refractivity contribution < 1.29 is 9.53 Å². The van der Waals surface area contributed by atoms with Crippen LogP contribution in [0.5, 0.6) is 0 Å². The fourth-order valence-corrected chi connectivity index (χ4v) is 1.96. The molecular weight excluding hydrogens is 216 g/mol. The van der Waals surface area contributed by atoms with Crippen molar-refractivity contribution in [2.24, 2.45) is 0 Å². The lowest BCUT2D eigenvalue weighted by molar-refractivity contribution is -0.122. The van der Waals surface area contributed by atoms with E-state index in [4.69, 9.17) is 4.74 Å². The van der Waals surface area contributed by atoms with Gasteiger partial charge in [0.25, 0.3) is 0 Å². The van der Waals surface area contributed by atoms with E-state index in [-0.39, 0.29) is 30.5 Å². The van der Waals surface area contributed by atoms with Gasteiger partial charge in [0.05, 0.1) is 18.7 Å². The smallest absolute Gasteiger partial charge is 0.234 e. The van der Waals surface area contributed by atoms with Gasteiger partial charge in [0.2, 0.25) is 5.91 Å². The Bertz CT molecular complexity index is 190. The van der Waals surface area contributed by atoms with E-state index in [1.54, 1.807) is 14.2 Å². The minimum Gasteiger partial charge on any atom is -0.379 e. The van der Waals surface area contributed by atoms with Gasteiger partial charge < -0.3 is 15.4 Å². The summed E-state index contributed by atoms with van der Waals surface area (Å²) in [5.74, 6) is 0.0569. The molecule has 0 heterocycles. The number of rotatable bonds is 4. The van der Waals surface area contributed by atoms with Crippen molar-refractivity contribution in [3.8, 4) is 0 Å². The van der Waals surface area contributed by atoms with E-state index in [1.807, 2.05) is 0 Å². The Morgan fingerprint density at radius 2 is 2.07 bits per heavy atom. The topological polar surface area (TPSA) is 50.4 Å². The molecule has 0 radical (unpaired) electrons. The first-order chi connectivity index (χ1) is 6.77. The van der Waals surface area contributed by atoms with Gasteiger partial charge in [-0.3, -0.25) is 4.79 Å². The van der Waals surface area contributed by atoms with Crippen LogP contribution in [0.15, 0.2) is 0 Å². The van der Waals surface area contributed by atoms with Gasteiger partial charge in [0.15, 0.2) is 0 Å². The van der Waals surface area contributed by atoms with Crippen molar-refractivity contribution in [1.29, 1.82) is 0 Å². The fourth-order valence-electron chi connectivity index (χ4n) is 1.96. The Labute approximate surface area is 97.5 Å². The van der Waals surface area contributed by atoms with Crippen molar-refractivity contribution >= 4 is 18.3 Å². The Hall–Kier alpha value is -0.320. The Balaban J connectivity index is 0.00000196. The molecule has 0 aromatic carbocycles. The van der Waals surface area contributed by atoms with E-state index in [9.17, 15) is 4.79 Å². The first-order valence-corrected chi connectivity index (χ1v) is 5.24. The largest absolute Gasteiger partial charge is 0.379 e. The molecule has 1 aliphatic rings. The molecule has 1 saturated carbocycles. The number of hydrogen-bond acceptors (Lipinski definition) is 3. The summed E-state index contributed by atoms with van der Waals surface area (Å²) in [5, 5.41) is 5.83. The average Bonchev–Trinajstić information content (AvgIpc) is 2.19. The number of hydrogen-bond donors (Lipinski definition) is 2. The van der Waals surface area contributed by atoms with Gasteiger partial charge in [0.1, 0.15) is 0 Å². The summed E-state index contributed by atoms with van der Waals surface area (Å²) >= 11 is 0. The second-order valence-electron chi connectivity index (χ2n) is 3.76. The van der Waals surface area contributed by atoms with E-state index in [0.717, 1.165) is 12.8 Å². The van der Waals surface area contributed by atoms with Crippen molar-refractivity contribution in [3.05, 3.63) is 0 Å². The minimum absolute atomic E-state index is 0. The van der Waals surface area contributed by atoms with Gasteiger partial charge in [-0.05, 0) is 19.9 Å². The summed E-state index contributed by atoms with van der Waals surface area (Å²) in [6, 6.07) is 0.203. The van der Waals surface area contributed by atoms with Gasteiger partial charge >= 0.3 is 0 Å². The van der Waals surface area contributed by atoms with Gasteiger partial charge in [-0.15, -0.1) is 12.4 Å². The molecule has 0 aliphatic heterocycles. The maximum Gasteiger partial charge on any atom is 0.234 e. The van der Waals surface area contributed by atoms with Crippen LogP contribution in [-0.2, 0) is 9.53 Å². The molecule has 1 fully saturated rings. The lowest BCUT2D eigenvalue weighted by Crippen LogP contribution is -2.48. The third-order valence-electron chi connectivity index (χ3n) is 2.69. The molecule has 1 aliphatic carbocycles. The fraction of sp³-hybridized carbons (Fsp3) is 0.900. The number of nitrogens with one attached hydrogen (secondary N) is 2. The monoisotopic (exact) mass is 236 g/mol. The molecule has 0 aromatic heterocycles. The number of likely N-dealkylation sites (N-methyl/N-ethyl adjacent to an activating group) is 1. The number of halogens is 1. The molecular formula is C10H21ClN2O2. The van der Waals surface area contributed by atoms with Crippen LogP contribution in [0.25, 0.3) is 0 Å². The zero-order valence-electron chi connectivity index (χ0n) is 9.41. The van der Waals surface area contributed by atoms with Crippen molar-refractivity contribution in [2.45, 2.75) is 37.8 Å². The Kier molecular flexibility index (Phi) is 7.74. The van der Waals surface area contributed by atoms with Crippen molar-refractivity contribution in [1.82, 2.24) is 10.6 Å². The molecule has 2 atom stereocenters. The predicted octanol–water partition coefficient (Wildman–Crippen LogP) is 0.701. The van der Waals surface area contributed by atoms with Crippen LogP contribution >= 0.6 is 12.4 Å². The third-order valence-corrected chi connectivity index (χ3v) is 2.69. The molecule has 1 amide bonds. The highest BCUT2D eigenvalue weighted by Crippen LogP contribution is 2.20. The van der Waals surface area contributed by atoms with Crippen LogP contribution in [0.1, 0.15) is 25.7 Å². The van der Waals surface area contributed by atoms with Crippen LogP contribution in [0.3, 0.4) is 0 Å². The summed E-state index contributed by atoms with van der Waals surface area (Å²) in [6.07, 6.45) is 4.68. The molecule has 2 N–H and O–H groups in total. The highest BCUT2D eigenvalue weighted by molar-refractivity contribution is 5.85. The van der Waals surface area contributed by atoms with Crippen LogP contribution in [0.4, 0.5) is 0 Å². The number of ether oxygens (including phenoxy) is 1. The molecule has 5 heteroatoms. The van der Waals surface area contributed by atoms with Gasteiger partial charge in [-0.2, -0.15) is 0 Å². The third kappa shape index (κ3) is 4.82. The minimum atomic E-state index is 0. The summed E-state index contributed by atoms with van der Waals surface area (Å²) in [5.41, 5.74) is 0. The normalized spacial score (nSPS) is 25.5. The zero-order valence-corrected chi connectivity index (χ0v) is 10.2. The Morgan fingerprint density at radius 3 is 2.67 bits per heavy atom. The van der Waals surface area contributed by atoms with E-state index in [0.29, 0.717) is 6.54 Å². The summed E-state index contributed by atoms with van der Waals surface area (Å²) in [4.78, 5) is 11.3. The van der Waals surface area contributed by atoms with Crippen molar-refractivity contribution in [3.63, 3.8) is 0 Å². The first kappa shape index (κ1) is 14.7. The first-order valence-electron chi connectivity index (χ1n) is 5.24. The van der Waals surface area contributed by atoms with E-state index >= 15 is 0 Å². The molecule has 0 saturated heterocycles. The molecule has 4 nitrogen and oxygen atoms in total. The van der Waals surface area contributed by atoms with Crippen molar-refractivity contribution in [2.75, 3.05) is 20.7 Å². The van der Waals surface area contributed by atoms with Gasteiger partial charge in [0, 0.05) is 7.11 Å². The van der Waals surface area contributed by atoms with Crippen LogP contribution in [0.2, 0.25) is 0 Å². The molecule has 1 rings (SSSR count). The standard InChI is InChI=1S/C10H20N2O2.ClH/c1-11-7-10(13)12-8-5-3-4-6-9(8)14-2;/h8-9,11H,3-7H2,1-2H3,(H,12,13);1H. The van der Waals surface area contributed by atoms with E-state index in [2.05, 4.69) is 10.6 Å². The second kappa shape index (κ2) is 7.91. The van der Waals surface area contributed by atoms with E-state index < -0.39 is 0 Å². The van der Waals surface area contributed by atoms with Crippen LogP contribution in [0, 0.1) is 0 Å². The maximum atomic E-state index is 11.3. The number of methoxy groups -OCH3 is 1. The second-order valence-corrected chi connectivity index (χ2v) is 3.76. The molecule has 0 bridgehead atoms. The lowest BCUT2D eigenvalue weighted by Gasteiger charge is -2.31.